The van der Waals surface area contributed by atoms with Crippen molar-refractivity contribution < 1.29 is 9.53 Å². The molecule has 1 fully saturated rings. The zero-order valence-electron chi connectivity index (χ0n) is 12.4. The van der Waals surface area contributed by atoms with E-state index in [1.807, 2.05) is 0 Å². The van der Waals surface area contributed by atoms with Crippen LogP contribution in [0.2, 0.25) is 0 Å². The monoisotopic (exact) mass is 255 g/mol. The lowest BCUT2D eigenvalue weighted by atomic mass is 9.71. The second-order valence-electron chi connectivity index (χ2n) is 6.03. The third kappa shape index (κ3) is 4.06. The van der Waals surface area contributed by atoms with Crippen LogP contribution in [-0.4, -0.2) is 44.0 Å². The molecule has 1 rings (SSSR count). The van der Waals surface area contributed by atoms with Gasteiger partial charge in [-0.05, 0) is 45.1 Å². The van der Waals surface area contributed by atoms with Gasteiger partial charge in [0, 0.05) is 25.1 Å². The van der Waals surface area contributed by atoms with Gasteiger partial charge >= 0.3 is 0 Å². The zero-order chi connectivity index (χ0) is 13.6. The molecule has 1 atom stereocenters. The number of carbonyl (C=O) groups excluding carboxylic acids is 1. The van der Waals surface area contributed by atoms with Crippen LogP contribution in [0.15, 0.2) is 0 Å². The van der Waals surface area contributed by atoms with Crippen molar-refractivity contribution in [2.75, 3.05) is 26.8 Å². The molecule has 3 heteroatoms. The summed E-state index contributed by atoms with van der Waals surface area (Å²) in [5.41, 5.74) is -0.107. The molecule has 0 aliphatic heterocycles. The van der Waals surface area contributed by atoms with Crippen molar-refractivity contribution in [3.05, 3.63) is 0 Å². The van der Waals surface area contributed by atoms with Gasteiger partial charge in [0.05, 0.1) is 6.61 Å². The largest absolute Gasteiger partial charge is 0.383 e. The highest BCUT2D eigenvalue weighted by Gasteiger charge is 2.36. The Balaban J connectivity index is 2.62. The molecule has 0 aromatic carbocycles. The molecule has 1 saturated carbocycles. The molecule has 1 aliphatic rings. The summed E-state index contributed by atoms with van der Waals surface area (Å²) in [4.78, 5) is 13.9. The topological polar surface area (TPSA) is 29.5 Å². The van der Waals surface area contributed by atoms with E-state index < -0.39 is 0 Å². The Kier molecular flexibility index (Phi) is 6.30. The summed E-state index contributed by atoms with van der Waals surface area (Å²) in [6.45, 7) is 9.24. The SMILES string of the molecule is CCN(CC1(C=O)CCC(C)CC1)C(C)COC. The van der Waals surface area contributed by atoms with Gasteiger partial charge in [-0.3, -0.25) is 4.90 Å². The van der Waals surface area contributed by atoms with E-state index in [0.29, 0.717) is 6.04 Å². The van der Waals surface area contributed by atoms with Crippen molar-refractivity contribution in [2.45, 2.75) is 52.5 Å². The average molecular weight is 255 g/mol. The van der Waals surface area contributed by atoms with E-state index in [2.05, 4.69) is 25.7 Å². The number of nitrogens with zero attached hydrogens (tertiary/aromatic N) is 1. The van der Waals surface area contributed by atoms with Gasteiger partial charge in [-0.1, -0.05) is 13.8 Å². The third-order valence-electron chi connectivity index (χ3n) is 4.48. The number of methoxy groups -OCH3 is 1. The summed E-state index contributed by atoms with van der Waals surface area (Å²) in [6, 6.07) is 0.385. The maximum atomic E-state index is 11.6. The van der Waals surface area contributed by atoms with Gasteiger partial charge in [0.25, 0.3) is 0 Å². The van der Waals surface area contributed by atoms with Crippen LogP contribution in [-0.2, 0) is 9.53 Å². The molecule has 1 aliphatic carbocycles. The summed E-state index contributed by atoms with van der Waals surface area (Å²) < 4.78 is 5.23. The van der Waals surface area contributed by atoms with Crippen molar-refractivity contribution in [3.63, 3.8) is 0 Å². The van der Waals surface area contributed by atoms with Crippen LogP contribution in [0.4, 0.5) is 0 Å². The van der Waals surface area contributed by atoms with Crippen molar-refractivity contribution in [3.8, 4) is 0 Å². The van der Waals surface area contributed by atoms with Crippen LogP contribution in [0.3, 0.4) is 0 Å². The lowest BCUT2D eigenvalue weighted by molar-refractivity contribution is -0.120. The molecule has 0 heterocycles. The van der Waals surface area contributed by atoms with E-state index in [1.54, 1.807) is 7.11 Å². The molecule has 18 heavy (non-hydrogen) atoms. The minimum absolute atomic E-state index is 0.107. The summed E-state index contributed by atoms with van der Waals surface area (Å²) >= 11 is 0. The number of hydrogen-bond donors (Lipinski definition) is 0. The highest BCUT2D eigenvalue weighted by Crippen LogP contribution is 2.38. The van der Waals surface area contributed by atoms with Crippen molar-refractivity contribution >= 4 is 6.29 Å². The first kappa shape index (κ1) is 15.6. The molecular formula is C15H29NO2. The second-order valence-corrected chi connectivity index (χ2v) is 6.03. The maximum absolute atomic E-state index is 11.6. The minimum Gasteiger partial charge on any atom is -0.383 e. The molecule has 0 amide bonds. The van der Waals surface area contributed by atoms with Crippen LogP contribution in [0.25, 0.3) is 0 Å². The minimum atomic E-state index is -0.107. The molecule has 0 bridgehead atoms. The fraction of sp³-hybridized carbons (Fsp3) is 0.933. The predicted octanol–water partition coefficient (Wildman–Crippen LogP) is 2.74. The summed E-state index contributed by atoms with van der Waals surface area (Å²) in [5.74, 6) is 0.782. The highest BCUT2D eigenvalue weighted by molar-refractivity contribution is 5.60. The smallest absolute Gasteiger partial charge is 0.127 e. The summed E-state index contributed by atoms with van der Waals surface area (Å²) in [5, 5.41) is 0. The van der Waals surface area contributed by atoms with Gasteiger partial charge in [0.15, 0.2) is 0 Å². The Morgan fingerprint density at radius 2 is 2.06 bits per heavy atom. The Labute approximate surface area is 112 Å². The first-order valence-corrected chi connectivity index (χ1v) is 7.26. The number of carbonyl (C=O) groups is 1. The normalized spacial score (nSPS) is 30.4. The molecule has 1 unspecified atom stereocenters. The predicted molar refractivity (Wildman–Crippen MR) is 74.7 cm³/mol. The molecule has 0 aromatic rings. The standard InChI is InChI=1S/C15H29NO2/c1-5-16(14(3)10-18-4)11-15(12-17)8-6-13(2)7-9-15/h12-14H,5-11H2,1-4H3. The lowest BCUT2D eigenvalue weighted by Crippen LogP contribution is -2.46. The first-order chi connectivity index (χ1) is 8.56. The van der Waals surface area contributed by atoms with Gasteiger partial charge in [0.1, 0.15) is 6.29 Å². The molecule has 0 saturated heterocycles. The van der Waals surface area contributed by atoms with Crippen LogP contribution < -0.4 is 0 Å². The molecule has 0 spiro atoms. The van der Waals surface area contributed by atoms with Crippen molar-refractivity contribution in [1.29, 1.82) is 0 Å². The lowest BCUT2D eigenvalue weighted by Gasteiger charge is -2.40. The van der Waals surface area contributed by atoms with Gasteiger partial charge < -0.3 is 9.53 Å². The van der Waals surface area contributed by atoms with Crippen LogP contribution in [0.5, 0.6) is 0 Å². The number of likely N-dealkylation sites (N-methyl/N-ethyl adjacent to an activating group) is 1. The second kappa shape index (κ2) is 7.25. The molecule has 0 N–H and O–H groups in total. The van der Waals surface area contributed by atoms with E-state index in [0.717, 1.165) is 38.5 Å². The van der Waals surface area contributed by atoms with Crippen LogP contribution in [0.1, 0.15) is 46.5 Å². The van der Waals surface area contributed by atoms with E-state index in [4.69, 9.17) is 4.74 Å². The van der Waals surface area contributed by atoms with Gasteiger partial charge in [-0.25, -0.2) is 0 Å². The number of ether oxygens (including phenoxy) is 1. The van der Waals surface area contributed by atoms with Gasteiger partial charge in [-0.15, -0.1) is 0 Å². The molecule has 0 radical (unpaired) electrons. The zero-order valence-corrected chi connectivity index (χ0v) is 12.4. The summed E-state index contributed by atoms with van der Waals surface area (Å²) in [6.07, 6.45) is 5.70. The van der Waals surface area contributed by atoms with E-state index in [9.17, 15) is 4.79 Å². The molecular weight excluding hydrogens is 226 g/mol. The fourth-order valence-electron chi connectivity index (χ4n) is 2.98. The van der Waals surface area contributed by atoms with Crippen molar-refractivity contribution in [2.24, 2.45) is 11.3 Å². The van der Waals surface area contributed by atoms with Crippen LogP contribution in [0, 0.1) is 11.3 Å². The maximum Gasteiger partial charge on any atom is 0.127 e. The number of aldehydes is 1. The van der Waals surface area contributed by atoms with Crippen LogP contribution >= 0.6 is 0 Å². The highest BCUT2D eigenvalue weighted by atomic mass is 16.5. The summed E-state index contributed by atoms with van der Waals surface area (Å²) in [7, 11) is 1.74. The Morgan fingerprint density at radius 1 is 1.44 bits per heavy atom. The van der Waals surface area contributed by atoms with E-state index in [-0.39, 0.29) is 5.41 Å². The van der Waals surface area contributed by atoms with Gasteiger partial charge in [0.2, 0.25) is 0 Å². The quantitative estimate of drug-likeness (QED) is 0.655. The Hall–Kier alpha value is -0.410. The Bertz CT molecular complexity index is 247. The first-order valence-electron chi connectivity index (χ1n) is 7.26. The average Bonchev–Trinajstić information content (AvgIpc) is 2.39. The van der Waals surface area contributed by atoms with Gasteiger partial charge in [-0.2, -0.15) is 0 Å². The molecule has 106 valence electrons. The van der Waals surface area contributed by atoms with Crippen molar-refractivity contribution in [1.82, 2.24) is 4.90 Å². The van der Waals surface area contributed by atoms with E-state index in [1.165, 1.54) is 19.1 Å². The molecule has 3 nitrogen and oxygen atoms in total. The number of hydrogen-bond acceptors (Lipinski definition) is 3. The Morgan fingerprint density at radius 3 is 2.50 bits per heavy atom. The van der Waals surface area contributed by atoms with E-state index >= 15 is 0 Å². The number of rotatable bonds is 7. The fourth-order valence-corrected chi connectivity index (χ4v) is 2.98. The third-order valence-corrected chi connectivity index (χ3v) is 4.48. The molecule has 0 aromatic heterocycles.